The number of imidazole rings is 1. The van der Waals surface area contributed by atoms with Crippen molar-refractivity contribution in [2.45, 2.75) is 32.6 Å². The van der Waals surface area contributed by atoms with Gasteiger partial charge in [-0.1, -0.05) is 11.6 Å². The third-order valence-corrected chi connectivity index (χ3v) is 5.04. The van der Waals surface area contributed by atoms with Gasteiger partial charge in [0, 0.05) is 25.5 Å². The summed E-state index contributed by atoms with van der Waals surface area (Å²) in [4.78, 5) is 5.90. The molecule has 3 rings (SSSR count). The van der Waals surface area contributed by atoms with Gasteiger partial charge in [0.15, 0.2) is 5.11 Å². The smallest absolute Gasteiger partial charge is 0.416 e. The molecule has 0 saturated heterocycles. The number of aromatic nitrogens is 2. The monoisotopic (exact) mass is 456 g/mol. The van der Waals surface area contributed by atoms with Crippen LogP contribution in [0.25, 0.3) is 0 Å². The van der Waals surface area contributed by atoms with E-state index in [2.05, 4.69) is 10.3 Å². The van der Waals surface area contributed by atoms with E-state index in [0.29, 0.717) is 23.9 Å². The number of halogens is 4. The van der Waals surface area contributed by atoms with Crippen LogP contribution in [0.15, 0.2) is 53.5 Å². The van der Waals surface area contributed by atoms with Crippen LogP contribution >= 0.6 is 23.8 Å². The van der Waals surface area contributed by atoms with E-state index in [1.54, 1.807) is 12.5 Å². The number of benzene rings is 1. The Kier molecular flexibility index (Phi) is 7.04. The third-order valence-electron chi connectivity index (χ3n) is 4.37. The zero-order valence-electron chi connectivity index (χ0n) is 16.1. The lowest BCUT2D eigenvalue weighted by atomic mass is 10.2. The fourth-order valence-corrected chi connectivity index (χ4v) is 3.35. The summed E-state index contributed by atoms with van der Waals surface area (Å²) in [7, 11) is 0. The summed E-state index contributed by atoms with van der Waals surface area (Å²) < 4.78 is 46.2. The van der Waals surface area contributed by atoms with E-state index in [1.807, 2.05) is 34.7 Å². The van der Waals surface area contributed by atoms with Crippen molar-refractivity contribution in [3.05, 3.63) is 71.2 Å². The predicted octanol–water partition coefficient (Wildman–Crippen LogP) is 5.75. The fraction of sp³-hybridized carbons (Fsp3) is 0.300. The minimum Gasteiger partial charge on any atom is -0.464 e. The van der Waals surface area contributed by atoms with E-state index in [4.69, 9.17) is 28.2 Å². The minimum atomic E-state index is -4.46. The SMILES string of the molecule is Cc1ccc(CN(CCCn2ccnc2)C(=S)Nc2ccc(C(F)(F)F)cc2Cl)o1. The second-order valence-corrected chi connectivity index (χ2v) is 7.50. The first-order valence-corrected chi connectivity index (χ1v) is 9.95. The Hall–Kier alpha value is -2.52. The molecule has 0 amide bonds. The molecule has 2 heterocycles. The van der Waals surface area contributed by atoms with E-state index in [1.165, 1.54) is 6.07 Å². The largest absolute Gasteiger partial charge is 0.464 e. The van der Waals surface area contributed by atoms with Gasteiger partial charge < -0.3 is 19.2 Å². The van der Waals surface area contributed by atoms with Crippen molar-refractivity contribution in [1.29, 1.82) is 0 Å². The molecule has 0 radical (unpaired) electrons. The lowest BCUT2D eigenvalue weighted by molar-refractivity contribution is -0.137. The van der Waals surface area contributed by atoms with Crippen LogP contribution < -0.4 is 5.32 Å². The highest BCUT2D eigenvalue weighted by molar-refractivity contribution is 7.80. The predicted molar refractivity (Wildman–Crippen MR) is 113 cm³/mol. The molecule has 160 valence electrons. The summed E-state index contributed by atoms with van der Waals surface area (Å²) in [5.74, 6) is 1.52. The van der Waals surface area contributed by atoms with Crippen LogP contribution in [0.3, 0.4) is 0 Å². The quantitative estimate of drug-likeness (QED) is 0.459. The van der Waals surface area contributed by atoms with Crippen LogP contribution in [0.4, 0.5) is 18.9 Å². The second-order valence-electron chi connectivity index (χ2n) is 6.71. The molecule has 0 aliphatic carbocycles. The Morgan fingerprint density at radius 1 is 1.30 bits per heavy atom. The average molecular weight is 457 g/mol. The number of nitrogens with one attached hydrogen (secondary N) is 1. The number of nitrogens with zero attached hydrogens (tertiary/aromatic N) is 3. The highest BCUT2D eigenvalue weighted by Crippen LogP contribution is 2.33. The summed E-state index contributed by atoms with van der Waals surface area (Å²) >= 11 is 11.6. The van der Waals surface area contributed by atoms with E-state index in [-0.39, 0.29) is 5.02 Å². The molecule has 0 unspecified atom stereocenters. The van der Waals surface area contributed by atoms with Crippen LogP contribution in [-0.2, 0) is 19.3 Å². The second kappa shape index (κ2) is 9.53. The molecule has 10 heteroatoms. The van der Waals surface area contributed by atoms with E-state index in [9.17, 15) is 13.2 Å². The zero-order valence-corrected chi connectivity index (χ0v) is 17.7. The first-order valence-electron chi connectivity index (χ1n) is 9.16. The molecule has 5 nitrogen and oxygen atoms in total. The standard InChI is InChI=1S/C20H20ClF3N4OS/c1-14-3-5-16(29-14)12-28(9-2-8-27-10-7-25-13-27)19(30)26-18-6-4-15(11-17(18)21)20(22,23)24/h3-7,10-11,13H,2,8-9,12H2,1H3,(H,26,30). The molecule has 3 aromatic rings. The van der Waals surface area contributed by atoms with Gasteiger partial charge in [-0.25, -0.2) is 4.98 Å². The molecule has 0 aliphatic rings. The van der Waals surface area contributed by atoms with Gasteiger partial charge in [-0.05, 0) is 55.9 Å². The van der Waals surface area contributed by atoms with Gasteiger partial charge in [-0.3, -0.25) is 0 Å². The molecule has 0 spiro atoms. The van der Waals surface area contributed by atoms with Crippen LogP contribution in [0.1, 0.15) is 23.5 Å². The van der Waals surface area contributed by atoms with Crippen LogP contribution in [-0.4, -0.2) is 26.1 Å². The number of rotatable bonds is 7. The highest BCUT2D eigenvalue weighted by Gasteiger charge is 2.31. The summed E-state index contributed by atoms with van der Waals surface area (Å²) in [6.07, 6.45) is 1.64. The van der Waals surface area contributed by atoms with Gasteiger partial charge in [0.25, 0.3) is 0 Å². The van der Waals surface area contributed by atoms with Crippen LogP contribution in [0.2, 0.25) is 5.02 Å². The molecule has 2 aromatic heterocycles. The maximum absolute atomic E-state index is 12.9. The molecule has 0 bridgehead atoms. The summed E-state index contributed by atoms with van der Waals surface area (Å²) in [6.45, 7) is 3.62. The number of alkyl halides is 3. The highest BCUT2D eigenvalue weighted by atomic mass is 35.5. The van der Waals surface area contributed by atoms with E-state index >= 15 is 0 Å². The van der Waals surface area contributed by atoms with Gasteiger partial charge in [0.2, 0.25) is 0 Å². The Labute approximate surface area is 182 Å². The summed E-state index contributed by atoms with van der Waals surface area (Å²) in [6, 6.07) is 6.86. The normalized spacial score (nSPS) is 11.5. The number of aryl methyl sites for hydroxylation is 2. The molecule has 0 aliphatic heterocycles. The molecule has 0 fully saturated rings. The van der Waals surface area contributed by atoms with Crippen molar-refractivity contribution < 1.29 is 17.6 Å². The van der Waals surface area contributed by atoms with Gasteiger partial charge >= 0.3 is 6.18 Å². The van der Waals surface area contributed by atoms with Crippen molar-refractivity contribution in [3.8, 4) is 0 Å². The van der Waals surface area contributed by atoms with Crippen LogP contribution in [0, 0.1) is 6.92 Å². The molecular formula is C20H20ClF3N4OS. The molecule has 0 atom stereocenters. The van der Waals surface area contributed by atoms with Crippen molar-refractivity contribution in [2.75, 3.05) is 11.9 Å². The number of thiocarbonyl (C=S) groups is 1. The number of hydrogen-bond acceptors (Lipinski definition) is 3. The van der Waals surface area contributed by atoms with E-state index < -0.39 is 11.7 Å². The summed E-state index contributed by atoms with van der Waals surface area (Å²) in [5.41, 5.74) is -0.503. The van der Waals surface area contributed by atoms with Gasteiger partial charge in [0.05, 0.1) is 29.1 Å². The van der Waals surface area contributed by atoms with Crippen molar-refractivity contribution in [1.82, 2.24) is 14.5 Å². The van der Waals surface area contributed by atoms with Crippen molar-refractivity contribution >= 4 is 34.6 Å². The van der Waals surface area contributed by atoms with Gasteiger partial charge in [-0.15, -0.1) is 0 Å². The molecule has 0 saturated carbocycles. The molecule has 30 heavy (non-hydrogen) atoms. The maximum Gasteiger partial charge on any atom is 0.416 e. The number of anilines is 1. The van der Waals surface area contributed by atoms with Crippen molar-refractivity contribution in [2.24, 2.45) is 0 Å². The fourth-order valence-electron chi connectivity index (χ4n) is 2.86. The van der Waals surface area contributed by atoms with Crippen molar-refractivity contribution in [3.63, 3.8) is 0 Å². The van der Waals surface area contributed by atoms with Gasteiger partial charge in [-0.2, -0.15) is 13.2 Å². The Balaban J connectivity index is 1.70. The zero-order chi connectivity index (χ0) is 21.7. The third kappa shape index (κ3) is 5.99. The lowest BCUT2D eigenvalue weighted by Gasteiger charge is -2.25. The first kappa shape index (κ1) is 22.2. The van der Waals surface area contributed by atoms with Crippen LogP contribution in [0.5, 0.6) is 0 Å². The number of hydrogen-bond donors (Lipinski definition) is 1. The first-order chi connectivity index (χ1) is 14.2. The maximum atomic E-state index is 12.9. The van der Waals surface area contributed by atoms with Gasteiger partial charge in [0.1, 0.15) is 11.5 Å². The Morgan fingerprint density at radius 3 is 2.70 bits per heavy atom. The Morgan fingerprint density at radius 2 is 2.10 bits per heavy atom. The molecule has 1 aromatic carbocycles. The number of furan rings is 1. The topological polar surface area (TPSA) is 46.2 Å². The minimum absolute atomic E-state index is 0.0561. The Bertz CT molecular complexity index is 988. The average Bonchev–Trinajstić information content (AvgIpc) is 3.33. The lowest BCUT2D eigenvalue weighted by Crippen LogP contribution is -2.35. The summed E-state index contributed by atoms with van der Waals surface area (Å²) in [5, 5.41) is 3.24. The molecular weight excluding hydrogens is 437 g/mol. The molecule has 1 N–H and O–H groups in total. The van der Waals surface area contributed by atoms with E-state index in [0.717, 1.165) is 36.6 Å².